The van der Waals surface area contributed by atoms with Gasteiger partial charge >= 0.3 is 0 Å². The Morgan fingerprint density at radius 1 is 1.03 bits per heavy atom. The number of anilines is 1. The van der Waals surface area contributed by atoms with Crippen LogP contribution in [-0.4, -0.2) is 64.7 Å². The van der Waals surface area contributed by atoms with Crippen molar-refractivity contribution < 1.29 is 27.5 Å². The van der Waals surface area contributed by atoms with Gasteiger partial charge < -0.3 is 19.7 Å². The molecule has 0 spiro atoms. The van der Waals surface area contributed by atoms with Crippen molar-refractivity contribution >= 4 is 27.5 Å². The fourth-order valence-electron chi connectivity index (χ4n) is 3.23. The van der Waals surface area contributed by atoms with Crippen molar-refractivity contribution in [2.75, 3.05) is 37.9 Å². The summed E-state index contributed by atoms with van der Waals surface area (Å²) in [6.45, 7) is 3.45. The summed E-state index contributed by atoms with van der Waals surface area (Å²) < 4.78 is 36.4. The molecule has 2 amide bonds. The number of carbonyl (C=O) groups excluding carboxylic acids is 2. The number of hydrogen-bond donors (Lipinski definition) is 1. The zero-order chi connectivity index (χ0) is 24.6. The number of amides is 2. The van der Waals surface area contributed by atoms with Gasteiger partial charge in [-0.3, -0.25) is 13.9 Å². The zero-order valence-electron chi connectivity index (χ0n) is 19.6. The second-order valence-electron chi connectivity index (χ2n) is 7.41. The van der Waals surface area contributed by atoms with Crippen LogP contribution in [0.1, 0.15) is 19.4 Å². The van der Waals surface area contributed by atoms with E-state index in [-0.39, 0.29) is 12.5 Å². The molecule has 0 saturated heterocycles. The first-order valence-corrected chi connectivity index (χ1v) is 12.3. The van der Waals surface area contributed by atoms with Gasteiger partial charge in [0.25, 0.3) is 0 Å². The highest BCUT2D eigenvalue weighted by Gasteiger charge is 2.30. The van der Waals surface area contributed by atoms with Crippen LogP contribution in [0.25, 0.3) is 0 Å². The van der Waals surface area contributed by atoms with E-state index in [9.17, 15) is 18.0 Å². The smallest absolute Gasteiger partial charge is 0.244 e. The standard InChI is InChI=1S/C23H31N3O6S/c1-6-24-23(28)17(2)25(15-18-8-7-9-21(14-18)32-4)22(27)16-26(33(5,29)30)19-10-12-20(31-3)13-11-19/h7-14,17H,6,15-16H2,1-5H3,(H,24,28)/t17-/m1/s1. The van der Waals surface area contributed by atoms with Crippen molar-refractivity contribution in [1.29, 1.82) is 0 Å². The second-order valence-corrected chi connectivity index (χ2v) is 9.32. The average molecular weight is 478 g/mol. The topological polar surface area (TPSA) is 105 Å². The molecule has 0 bridgehead atoms. The molecule has 2 aromatic carbocycles. The third-order valence-corrected chi connectivity index (χ3v) is 6.19. The molecule has 0 aromatic heterocycles. The average Bonchev–Trinajstić information content (AvgIpc) is 2.80. The molecule has 0 aliphatic rings. The third kappa shape index (κ3) is 7.11. The first kappa shape index (κ1) is 26.0. The van der Waals surface area contributed by atoms with Gasteiger partial charge in [-0.1, -0.05) is 12.1 Å². The molecule has 2 aromatic rings. The maximum Gasteiger partial charge on any atom is 0.244 e. The van der Waals surface area contributed by atoms with Gasteiger partial charge in [-0.05, 0) is 55.8 Å². The van der Waals surface area contributed by atoms with Gasteiger partial charge in [0.15, 0.2) is 0 Å². The number of nitrogens with one attached hydrogen (secondary N) is 1. The fourth-order valence-corrected chi connectivity index (χ4v) is 4.08. The third-order valence-electron chi connectivity index (χ3n) is 5.04. The number of methoxy groups -OCH3 is 2. The van der Waals surface area contributed by atoms with E-state index in [2.05, 4.69) is 5.32 Å². The summed E-state index contributed by atoms with van der Waals surface area (Å²) in [6.07, 6.45) is 1.03. The Kier molecular flexibility index (Phi) is 9.10. The predicted octanol–water partition coefficient (Wildman–Crippen LogP) is 2.02. The summed E-state index contributed by atoms with van der Waals surface area (Å²) in [5.41, 5.74) is 1.06. The van der Waals surface area contributed by atoms with E-state index in [1.807, 2.05) is 6.07 Å². The first-order valence-electron chi connectivity index (χ1n) is 10.4. The van der Waals surface area contributed by atoms with Gasteiger partial charge in [0.1, 0.15) is 24.1 Å². The number of likely N-dealkylation sites (N-methyl/N-ethyl adjacent to an activating group) is 1. The molecule has 0 radical (unpaired) electrons. The molecule has 0 fully saturated rings. The molecule has 0 saturated carbocycles. The molecule has 180 valence electrons. The minimum atomic E-state index is -3.78. The van der Waals surface area contributed by atoms with Gasteiger partial charge in [-0.2, -0.15) is 0 Å². The van der Waals surface area contributed by atoms with Crippen molar-refractivity contribution in [3.63, 3.8) is 0 Å². The van der Waals surface area contributed by atoms with Crippen LogP contribution in [0, 0.1) is 0 Å². The molecule has 33 heavy (non-hydrogen) atoms. The number of ether oxygens (including phenoxy) is 2. The molecule has 0 aliphatic heterocycles. The summed E-state index contributed by atoms with van der Waals surface area (Å²) >= 11 is 0. The highest BCUT2D eigenvalue weighted by molar-refractivity contribution is 7.92. The number of rotatable bonds is 11. The van der Waals surface area contributed by atoms with Gasteiger partial charge in [0.05, 0.1) is 26.2 Å². The number of carbonyl (C=O) groups is 2. The second kappa shape index (κ2) is 11.6. The van der Waals surface area contributed by atoms with Crippen molar-refractivity contribution in [2.24, 2.45) is 0 Å². The molecule has 1 atom stereocenters. The molecule has 10 heteroatoms. The van der Waals surface area contributed by atoms with Crippen LogP contribution in [0.2, 0.25) is 0 Å². The Morgan fingerprint density at radius 2 is 1.67 bits per heavy atom. The Labute approximate surface area is 195 Å². The van der Waals surface area contributed by atoms with Crippen molar-refractivity contribution in [3.05, 3.63) is 54.1 Å². The molecule has 0 aliphatic carbocycles. The Balaban J connectivity index is 2.38. The molecule has 0 heterocycles. The lowest BCUT2D eigenvalue weighted by Crippen LogP contribution is -2.51. The van der Waals surface area contributed by atoms with E-state index >= 15 is 0 Å². The monoisotopic (exact) mass is 477 g/mol. The van der Waals surface area contributed by atoms with Gasteiger partial charge in [0.2, 0.25) is 21.8 Å². The van der Waals surface area contributed by atoms with E-state index in [0.29, 0.717) is 23.7 Å². The Hall–Kier alpha value is -3.27. The van der Waals surface area contributed by atoms with Crippen LogP contribution in [0.15, 0.2) is 48.5 Å². The van der Waals surface area contributed by atoms with E-state index in [4.69, 9.17) is 9.47 Å². The molecule has 1 N–H and O–H groups in total. The van der Waals surface area contributed by atoms with Crippen LogP contribution in [0.4, 0.5) is 5.69 Å². The minimum absolute atomic E-state index is 0.106. The maximum atomic E-state index is 13.4. The fraction of sp³-hybridized carbons (Fsp3) is 0.391. The summed E-state index contributed by atoms with van der Waals surface area (Å²) in [4.78, 5) is 27.3. The summed E-state index contributed by atoms with van der Waals surface area (Å²) in [6, 6.07) is 12.7. The number of sulfonamides is 1. The number of nitrogens with zero attached hydrogens (tertiary/aromatic N) is 2. The van der Waals surface area contributed by atoms with Gasteiger partial charge in [-0.25, -0.2) is 8.42 Å². The summed E-state index contributed by atoms with van der Waals surface area (Å²) in [7, 11) is -0.735. The lowest BCUT2D eigenvalue weighted by Gasteiger charge is -2.31. The predicted molar refractivity (Wildman–Crippen MR) is 127 cm³/mol. The van der Waals surface area contributed by atoms with Crippen molar-refractivity contribution in [3.8, 4) is 11.5 Å². The van der Waals surface area contributed by atoms with Crippen LogP contribution in [0.3, 0.4) is 0 Å². The summed E-state index contributed by atoms with van der Waals surface area (Å²) in [5, 5.41) is 2.71. The minimum Gasteiger partial charge on any atom is -0.497 e. The first-order chi connectivity index (χ1) is 15.6. The summed E-state index contributed by atoms with van der Waals surface area (Å²) in [5.74, 6) is 0.325. The van der Waals surface area contributed by atoms with Gasteiger partial charge in [-0.15, -0.1) is 0 Å². The van der Waals surface area contributed by atoms with E-state index in [1.165, 1.54) is 19.1 Å². The maximum absolute atomic E-state index is 13.4. The van der Waals surface area contributed by atoms with Crippen LogP contribution >= 0.6 is 0 Å². The molecule has 0 unspecified atom stereocenters. The number of benzene rings is 2. The molecular weight excluding hydrogens is 446 g/mol. The lowest BCUT2D eigenvalue weighted by molar-refractivity contribution is -0.139. The highest BCUT2D eigenvalue weighted by atomic mass is 32.2. The van der Waals surface area contributed by atoms with E-state index < -0.39 is 28.5 Å². The van der Waals surface area contributed by atoms with Crippen molar-refractivity contribution in [2.45, 2.75) is 26.4 Å². The van der Waals surface area contributed by atoms with Gasteiger partial charge in [0, 0.05) is 13.1 Å². The largest absolute Gasteiger partial charge is 0.497 e. The molecule has 9 nitrogen and oxygen atoms in total. The lowest BCUT2D eigenvalue weighted by atomic mass is 10.1. The normalized spacial score (nSPS) is 11.9. The van der Waals surface area contributed by atoms with Crippen LogP contribution in [0.5, 0.6) is 11.5 Å². The molecule has 2 rings (SSSR count). The van der Waals surface area contributed by atoms with E-state index in [1.54, 1.807) is 56.3 Å². The molecular formula is C23H31N3O6S. The van der Waals surface area contributed by atoms with Crippen LogP contribution < -0.4 is 19.1 Å². The zero-order valence-corrected chi connectivity index (χ0v) is 20.4. The SMILES string of the molecule is CCNC(=O)[C@@H](C)N(Cc1cccc(OC)c1)C(=O)CN(c1ccc(OC)cc1)S(C)(=O)=O. The quantitative estimate of drug-likeness (QED) is 0.531. The van der Waals surface area contributed by atoms with Crippen LogP contribution in [-0.2, 0) is 26.2 Å². The number of hydrogen-bond acceptors (Lipinski definition) is 6. The van der Waals surface area contributed by atoms with E-state index in [0.717, 1.165) is 16.1 Å². The Bertz CT molecular complexity index is 1060. The highest BCUT2D eigenvalue weighted by Crippen LogP contribution is 2.22. The Morgan fingerprint density at radius 3 is 2.21 bits per heavy atom. The van der Waals surface area contributed by atoms with Crippen molar-refractivity contribution in [1.82, 2.24) is 10.2 Å².